The molecule has 0 spiro atoms. The highest BCUT2D eigenvalue weighted by atomic mass is 32.2. The van der Waals surface area contributed by atoms with Crippen molar-refractivity contribution in [3.05, 3.63) is 29.8 Å². The Morgan fingerprint density at radius 3 is 2.53 bits per heavy atom. The van der Waals surface area contributed by atoms with E-state index in [0.717, 1.165) is 13.0 Å². The van der Waals surface area contributed by atoms with Gasteiger partial charge in [0.1, 0.15) is 0 Å². The average molecular weight is 252 g/mol. The van der Waals surface area contributed by atoms with E-state index in [1.54, 1.807) is 23.7 Å². The fourth-order valence-corrected chi connectivity index (χ4v) is 1.91. The first-order valence-electron chi connectivity index (χ1n) is 5.69. The van der Waals surface area contributed by atoms with E-state index in [4.69, 9.17) is 0 Å². The highest BCUT2D eigenvalue weighted by Gasteiger charge is 2.06. The summed E-state index contributed by atoms with van der Waals surface area (Å²) >= 11 is 1.74. The molecule has 0 aliphatic heterocycles. The quantitative estimate of drug-likeness (QED) is 0.781. The van der Waals surface area contributed by atoms with Gasteiger partial charge in [0.05, 0.1) is 6.54 Å². The maximum atomic E-state index is 11.5. The van der Waals surface area contributed by atoms with Gasteiger partial charge in [0.2, 0.25) is 5.91 Å². The van der Waals surface area contributed by atoms with Crippen molar-refractivity contribution in [2.24, 2.45) is 0 Å². The number of likely N-dealkylation sites (N-methyl/N-ethyl adjacent to an activating group) is 2. The Kier molecular flexibility index (Phi) is 6.08. The van der Waals surface area contributed by atoms with Crippen LogP contribution in [0.4, 0.5) is 0 Å². The van der Waals surface area contributed by atoms with Gasteiger partial charge >= 0.3 is 0 Å². The predicted octanol–water partition coefficient (Wildman–Crippen LogP) is 1.63. The minimum atomic E-state index is 0.133. The van der Waals surface area contributed by atoms with Crippen molar-refractivity contribution >= 4 is 17.7 Å². The molecule has 0 fully saturated rings. The topological polar surface area (TPSA) is 32.3 Å². The monoisotopic (exact) mass is 252 g/mol. The Morgan fingerprint density at radius 1 is 1.35 bits per heavy atom. The minimum Gasteiger partial charge on any atom is -0.344 e. The molecule has 0 heterocycles. The second-order valence-electron chi connectivity index (χ2n) is 3.94. The zero-order valence-corrected chi connectivity index (χ0v) is 11.5. The standard InChI is InChI=1S/C13H20N2OS/c1-14-10-13(16)15(2)9-8-11-4-6-12(17-3)7-5-11/h4-7,14H,8-10H2,1-3H3. The van der Waals surface area contributed by atoms with Gasteiger partial charge in [0, 0.05) is 18.5 Å². The summed E-state index contributed by atoms with van der Waals surface area (Å²) in [6.07, 6.45) is 2.97. The van der Waals surface area contributed by atoms with Crippen LogP contribution in [0.25, 0.3) is 0 Å². The van der Waals surface area contributed by atoms with E-state index in [1.807, 2.05) is 7.05 Å². The fourth-order valence-electron chi connectivity index (χ4n) is 1.50. The molecule has 1 rings (SSSR count). The largest absolute Gasteiger partial charge is 0.344 e. The van der Waals surface area contributed by atoms with Crippen LogP contribution < -0.4 is 5.32 Å². The van der Waals surface area contributed by atoms with Crippen LogP contribution in [0.1, 0.15) is 5.56 Å². The molecule has 1 aromatic carbocycles. The minimum absolute atomic E-state index is 0.133. The zero-order valence-electron chi connectivity index (χ0n) is 10.7. The molecular formula is C13H20N2OS. The van der Waals surface area contributed by atoms with Crippen LogP contribution >= 0.6 is 11.8 Å². The molecule has 0 saturated heterocycles. The van der Waals surface area contributed by atoms with Crippen LogP contribution in [0.2, 0.25) is 0 Å². The van der Waals surface area contributed by atoms with Crippen molar-refractivity contribution in [3.8, 4) is 0 Å². The first kappa shape index (κ1) is 14.1. The highest BCUT2D eigenvalue weighted by Crippen LogP contribution is 2.15. The van der Waals surface area contributed by atoms with Crippen LogP contribution in [-0.2, 0) is 11.2 Å². The molecule has 4 heteroatoms. The van der Waals surface area contributed by atoms with Crippen molar-refractivity contribution in [2.45, 2.75) is 11.3 Å². The Labute approximate surface area is 108 Å². The van der Waals surface area contributed by atoms with Crippen molar-refractivity contribution in [3.63, 3.8) is 0 Å². The third-order valence-electron chi connectivity index (χ3n) is 2.65. The molecule has 0 aliphatic carbocycles. The molecule has 1 N–H and O–H groups in total. The normalized spacial score (nSPS) is 10.3. The Hall–Kier alpha value is -1.00. The van der Waals surface area contributed by atoms with Gasteiger partial charge in [-0.2, -0.15) is 0 Å². The molecule has 3 nitrogen and oxygen atoms in total. The maximum Gasteiger partial charge on any atom is 0.236 e. The summed E-state index contributed by atoms with van der Waals surface area (Å²) in [5, 5.41) is 2.87. The Balaban J connectivity index is 2.41. The molecule has 94 valence electrons. The SMILES string of the molecule is CNCC(=O)N(C)CCc1ccc(SC)cc1. The summed E-state index contributed by atoms with van der Waals surface area (Å²) in [7, 11) is 3.63. The lowest BCUT2D eigenvalue weighted by Gasteiger charge is -2.16. The smallest absolute Gasteiger partial charge is 0.236 e. The summed E-state index contributed by atoms with van der Waals surface area (Å²) in [6.45, 7) is 1.17. The first-order valence-corrected chi connectivity index (χ1v) is 6.91. The zero-order chi connectivity index (χ0) is 12.7. The lowest BCUT2D eigenvalue weighted by Crippen LogP contribution is -2.35. The van der Waals surface area contributed by atoms with Crippen molar-refractivity contribution in [1.82, 2.24) is 10.2 Å². The average Bonchev–Trinajstić information content (AvgIpc) is 2.36. The van der Waals surface area contributed by atoms with Crippen LogP contribution in [0.15, 0.2) is 29.2 Å². The summed E-state index contributed by atoms with van der Waals surface area (Å²) in [4.78, 5) is 14.6. The van der Waals surface area contributed by atoms with E-state index >= 15 is 0 Å². The van der Waals surface area contributed by atoms with E-state index in [2.05, 4.69) is 35.8 Å². The van der Waals surface area contributed by atoms with Gasteiger partial charge in [-0.1, -0.05) is 12.1 Å². The molecule has 0 saturated carbocycles. The number of nitrogens with zero attached hydrogens (tertiary/aromatic N) is 1. The van der Waals surface area contributed by atoms with E-state index in [-0.39, 0.29) is 5.91 Å². The van der Waals surface area contributed by atoms with Gasteiger partial charge in [-0.05, 0) is 37.4 Å². The molecule has 0 aromatic heterocycles. The fraction of sp³-hybridized carbons (Fsp3) is 0.462. The van der Waals surface area contributed by atoms with Crippen LogP contribution in [0, 0.1) is 0 Å². The molecule has 1 amide bonds. The number of amides is 1. The maximum absolute atomic E-state index is 11.5. The number of thioether (sulfide) groups is 1. The van der Waals surface area contributed by atoms with E-state index in [0.29, 0.717) is 6.54 Å². The third-order valence-corrected chi connectivity index (χ3v) is 3.39. The number of rotatable bonds is 6. The van der Waals surface area contributed by atoms with Gasteiger partial charge < -0.3 is 10.2 Å². The highest BCUT2D eigenvalue weighted by molar-refractivity contribution is 7.98. The van der Waals surface area contributed by atoms with E-state index in [9.17, 15) is 4.79 Å². The number of benzene rings is 1. The van der Waals surface area contributed by atoms with Crippen LogP contribution in [0.3, 0.4) is 0 Å². The number of carbonyl (C=O) groups excluding carboxylic acids is 1. The third kappa shape index (κ3) is 4.79. The van der Waals surface area contributed by atoms with Crippen LogP contribution in [-0.4, -0.2) is 44.2 Å². The van der Waals surface area contributed by atoms with Crippen LogP contribution in [0.5, 0.6) is 0 Å². The lowest BCUT2D eigenvalue weighted by molar-refractivity contribution is -0.128. The summed E-state index contributed by atoms with van der Waals surface area (Å²) < 4.78 is 0. The van der Waals surface area contributed by atoms with Gasteiger partial charge in [-0.15, -0.1) is 11.8 Å². The second kappa shape index (κ2) is 7.35. The Bertz CT molecular complexity index is 351. The number of hydrogen-bond donors (Lipinski definition) is 1. The molecule has 0 atom stereocenters. The van der Waals surface area contributed by atoms with Gasteiger partial charge in [0.15, 0.2) is 0 Å². The van der Waals surface area contributed by atoms with Gasteiger partial charge in [-0.3, -0.25) is 4.79 Å². The second-order valence-corrected chi connectivity index (χ2v) is 4.82. The predicted molar refractivity (Wildman–Crippen MR) is 73.5 cm³/mol. The van der Waals surface area contributed by atoms with Gasteiger partial charge in [0.25, 0.3) is 0 Å². The molecule has 0 aliphatic rings. The summed E-state index contributed by atoms with van der Waals surface area (Å²) in [5.41, 5.74) is 1.27. The van der Waals surface area contributed by atoms with Gasteiger partial charge in [-0.25, -0.2) is 0 Å². The molecule has 0 unspecified atom stereocenters. The van der Waals surface area contributed by atoms with Crippen molar-refractivity contribution in [2.75, 3.05) is 33.4 Å². The first-order chi connectivity index (χ1) is 8.17. The van der Waals surface area contributed by atoms with Crippen molar-refractivity contribution < 1.29 is 4.79 Å². The summed E-state index contributed by atoms with van der Waals surface area (Å²) in [5.74, 6) is 0.133. The van der Waals surface area contributed by atoms with E-state index in [1.165, 1.54) is 10.5 Å². The molecule has 17 heavy (non-hydrogen) atoms. The number of hydrogen-bond acceptors (Lipinski definition) is 3. The molecule has 0 radical (unpaired) electrons. The van der Waals surface area contributed by atoms with E-state index < -0.39 is 0 Å². The molecule has 1 aromatic rings. The Morgan fingerprint density at radius 2 is 2.00 bits per heavy atom. The number of carbonyl (C=O) groups is 1. The summed E-state index contributed by atoms with van der Waals surface area (Å²) in [6, 6.07) is 8.50. The number of nitrogens with one attached hydrogen (secondary N) is 1. The lowest BCUT2D eigenvalue weighted by atomic mass is 10.1. The molecular weight excluding hydrogens is 232 g/mol. The molecule has 0 bridgehead atoms. The van der Waals surface area contributed by atoms with Crippen molar-refractivity contribution in [1.29, 1.82) is 0 Å².